The van der Waals surface area contributed by atoms with Gasteiger partial charge in [-0.1, -0.05) is 0 Å². The van der Waals surface area contributed by atoms with Crippen molar-refractivity contribution < 1.29 is 33.1 Å². The Bertz CT molecular complexity index is 275. The molecule has 0 aromatic rings. The van der Waals surface area contributed by atoms with Crippen LogP contribution < -0.4 is 0 Å². The van der Waals surface area contributed by atoms with Crippen LogP contribution in [0, 0.1) is 0 Å². The van der Waals surface area contributed by atoms with Crippen molar-refractivity contribution in [2.45, 2.75) is 24.3 Å². The number of rotatable bonds is 5. The summed E-state index contributed by atoms with van der Waals surface area (Å²) in [6, 6.07) is -1.01. The zero-order valence-corrected chi connectivity index (χ0v) is 9.87. The van der Waals surface area contributed by atoms with Gasteiger partial charge in [-0.25, -0.2) is 4.57 Å². The number of hydrogen-bond acceptors (Lipinski definition) is 6. The molecule has 0 spiro atoms. The Balaban J connectivity index is 2.64. The van der Waals surface area contributed by atoms with Gasteiger partial charge in [0.1, 0.15) is 26.2 Å². The lowest BCUT2D eigenvalue weighted by Gasteiger charge is -2.20. The van der Waals surface area contributed by atoms with Crippen LogP contribution in [0.4, 0.5) is 0 Å². The first-order chi connectivity index (χ1) is 7.41. The van der Waals surface area contributed by atoms with Crippen LogP contribution >= 0.6 is 7.82 Å². The van der Waals surface area contributed by atoms with Crippen LogP contribution in [0.2, 0.25) is 0 Å². The molecule has 1 aliphatic heterocycles. The molecular weight excluding hydrogens is 238 g/mol. The number of phosphoric acid groups is 1. The Kier molecular flexibility index (Phi) is 4.94. The minimum Gasteiger partial charge on any atom is -0.388 e. The van der Waals surface area contributed by atoms with E-state index in [4.69, 9.17) is 22.2 Å². The molecule has 1 aliphatic rings. The maximum absolute atomic E-state index is 11.2. The molecule has 2 N–H and O–H groups in total. The van der Waals surface area contributed by atoms with E-state index in [1.54, 1.807) is 0 Å². The molecule has 0 aromatic carbocycles. The Morgan fingerprint density at radius 3 is 2.62 bits per heavy atom. The Hall–Kier alpha value is 0.0549. The molecule has 0 aromatic heterocycles. The fourth-order valence-electron chi connectivity index (χ4n) is 1.39. The van der Waals surface area contributed by atoms with E-state index in [-0.39, 0.29) is 6.61 Å². The maximum atomic E-state index is 11.2. The van der Waals surface area contributed by atoms with Gasteiger partial charge < -0.3 is 19.5 Å². The molecule has 2 radical (unpaired) electrons. The molecule has 1 fully saturated rings. The summed E-state index contributed by atoms with van der Waals surface area (Å²) in [5.74, 6) is 0. The van der Waals surface area contributed by atoms with Gasteiger partial charge in [0.05, 0.1) is 6.61 Å². The Morgan fingerprint density at radius 2 is 2.12 bits per heavy atom. The molecule has 9 heteroatoms. The van der Waals surface area contributed by atoms with Gasteiger partial charge in [-0.15, -0.1) is 0 Å². The SMILES string of the molecule is [B][C@@H]1O[C@H](COC)C(O)[C@@H]1OP(=O)(O)OC. The monoisotopic (exact) mass is 252 g/mol. The largest absolute Gasteiger partial charge is 0.472 e. The zero-order chi connectivity index (χ0) is 12.3. The second kappa shape index (κ2) is 5.60. The number of methoxy groups -OCH3 is 1. The van der Waals surface area contributed by atoms with E-state index < -0.39 is 32.1 Å². The molecule has 16 heavy (non-hydrogen) atoms. The molecule has 7 nitrogen and oxygen atoms in total. The van der Waals surface area contributed by atoms with Gasteiger partial charge in [0, 0.05) is 20.2 Å². The van der Waals surface area contributed by atoms with Crippen molar-refractivity contribution in [1.82, 2.24) is 0 Å². The summed E-state index contributed by atoms with van der Waals surface area (Å²) in [6.07, 6.45) is -2.97. The molecule has 1 saturated heterocycles. The normalized spacial score (nSPS) is 38.5. The third-order valence-electron chi connectivity index (χ3n) is 2.19. The molecule has 0 saturated carbocycles. The smallest absolute Gasteiger partial charge is 0.388 e. The van der Waals surface area contributed by atoms with Crippen LogP contribution in [-0.4, -0.2) is 63.0 Å². The summed E-state index contributed by atoms with van der Waals surface area (Å²) in [6.45, 7) is 0.109. The average molecular weight is 252 g/mol. The summed E-state index contributed by atoms with van der Waals surface area (Å²) in [4.78, 5) is 9.09. The summed E-state index contributed by atoms with van der Waals surface area (Å²) >= 11 is 0. The lowest BCUT2D eigenvalue weighted by molar-refractivity contribution is -0.0212. The summed E-state index contributed by atoms with van der Waals surface area (Å²) < 4.78 is 30.0. The fourth-order valence-corrected chi connectivity index (χ4v) is 2.03. The van der Waals surface area contributed by atoms with E-state index in [9.17, 15) is 9.67 Å². The first-order valence-electron chi connectivity index (χ1n) is 4.56. The molecule has 1 rings (SSSR count). The Labute approximate surface area is 94.7 Å². The highest BCUT2D eigenvalue weighted by Gasteiger charge is 2.45. The summed E-state index contributed by atoms with van der Waals surface area (Å²) in [5, 5.41) is 9.71. The van der Waals surface area contributed by atoms with Gasteiger partial charge in [0.25, 0.3) is 0 Å². The van der Waals surface area contributed by atoms with Crippen molar-refractivity contribution in [2.75, 3.05) is 20.8 Å². The van der Waals surface area contributed by atoms with Crippen molar-refractivity contribution in [1.29, 1.82) is 0 Å². The second-order valence-corrected chi connectivity index (χ2v) is 4.82. The van der Waals surface area contributed by atoms with E-state index in [0.717, 1.165) is 7.11 Å². The fraction of sp³-hybridized carbons (Fsp3) is 1.00. The first kappa shape index (κ1) is 14.1. The molecule has 0 bridgehead atoms. The van der Waals surface area contributed by atoms with E-state index >= 15 is 0 Å². The molecule has 92 valence electrons. The van der Waals surface area contributed by atoms with Crippen LogP contribution in [0.5, 0.6) is 0 Å². The van der Waals surface area contributed by atoms with E-state index in [1.807, 2.05) is 0 Å². The van der Waals surface area contributed by atoms with Crippen LogP contribution in [0.25, 0.3) is 0 Å². The van der Waals surface area contributed by atoms with E-state index in [2.05, 4.69) is 9.05 Å². The van der Waals surface area contributed by atoms with Crippen molar-refractivity contribution in [3.63, 3.8) is 0 Å². The minimum atomic E-state index is -4.20. The van der Waals surface area contributed by atoms with Crippen LogP contribution in [0.15, 0.2) is 0 Å². The van der Waals surface area contributed by atoms with Gasteiger partial charge in [-0.3, -0.25) is 9.05 Å². The van der Waals surface area contributed by atoms with Crippen molar-refractivity contribution >= 4 is 15.7 Å². The summed E-state index contributed by atoms with van der Waals surface area (Å²) in [5.41, 5.74) is 0. The van der Waals surface area contributed by atoms with Crippen LogP contribution in [0.3, 0.4) is 0 Å². The van der Waals surface area contributed by atoms with Crippen molar-refractivity contribution in [2.24, 2.45) is 0 Å². The van der Waals surface area contributed by atoms with Crippen LogP contribution in [0.1, 0.15) is 0 Å². The average Bonchev–Trinajstić information content (AvgIpc) is 2.47. The summed E-state index contributed by atoms with van der Waals surface area (Å²) in [7, 11) is 3.75. The molecule has 1 heterocycles. The minimum absolute atomic E-state index is 0.109. The second-order valence-electron chi connectivity index (χ2n) is 3.31. The molecule has 2 unspecified atom stereocenters. The highest BCUT2D eigenvalue weighted by atomic mass is 31.2. The molecule has 0 amide bonds. The van der Waals surface area contributed by atoms with Crippen LogP contribution in [-0.2, 0) is 23.1 Å². The van der Waals surface area contributed by atoms with Gasteiger partial charge in [0.15, 0.2) is 0 Å². The van der Waals surface area contributed by atoms with Gasteiger partial charge in [-0.2, -0.15) is 0 Å². The topological polar surface area (TPSA) is 94.5 Å². The predicted molar refractivity (Wildman–Crippen MR) is 54.0 cm³/mol. The molecule has 0 aliphatic carbocycles. The lowest BCUT2D eigenvalue weighted by Crippen LogP contribution is -2.36. The van der Waals surface area contributed by atoms with Gasteiger partial charge in [-0.05, 0) is 0 Å². The quantitative estimate of drug-likeness (QED) is 0.479. The number of ether oxygens (including phenoxy) is 2. The Morgan fingerprint density at radius 1 is 1.50 bits per heavy atom. The molecule has 5 atom stereocenters. The zero-order valence-electron chi connectivity index (χ0n) is 8.98. The third kappa shape index (κ3) is 3.27. The highest BCUT2D eigenvalue weighted by Crippen LogP contribution is 2.45. The first-order valence-corrected chi connectivity index (χ1v) is 6.06. The number of aliphatic hydroxyl groups is 1. The van der Waals surface area contributed by atoms with E-state index in [0.29, 0.717) is 0 Å². The van der Waals surface area contributed by atoms with Crippen molar-refractivity contribution in [3.8, 4) is 0 Å². The van der Waals surface area contributed by atoms with Gasteiger partial charge >= 0.3 is 7.82 Å². The number of hydrogen-bond donors (Lipinski definition) is 2. The molecular formula is C7H14BO7P. The maximum Gasteiger partial charge on any atom is 0.472 e. The number of phosphoric ester groups is 1. The van der Waals surface area contributed by atoms with Crippen molar-refractivity contribution in [3.05, 3.63) is 0 Å². The highest BCUT2D eigenvalue weighted by molar-refractivity contribution is 7.47. The lowest BCUT2D eigenvalue weighted by atomic mass is 9.93. The van der Waals surface area contributed by atoms with Gasteiger partial charge in [0.2, 0.25) is 0 Å². The standard InChI is InChI=1S/C7H14BO7P/c1-12-3-4-5(9)6(7(8)14-4)15-16(10,11)13-2/h4-7,9H,3H2,1-2H3,(H,10,11)/t4-,5?,6+,7-/m1/s1. The predicted octanol–water partition coefficient (Wildman–Crippen LogP) is -0.981. The number of aliphatic hydroxyl groups excluding tert-OH is 1. The van der Waals surface area contributed by atoms with E-state index in [1.165, 1.54) is 7.11 Å². The third-order valence-corrected chi connectivity index (χ3v) is 3.16.